The molecule has 1 N–H and O–H groups in total. The summed E-state index contributed by atoms with van der Waals surface area (Å²) >= 11 is 7.39. The van der Waals surface area contributed by atoms with E-state index in [0.29, 0.717) is 29.7 Å². The predicted octanol–water partition coefficient (Wildman–Crippen LogP) is 2.35. The minimum Gasteiger partial charge on any atom is -0.328 e. The number of nitrogens with zero attached hydrogens (tertiary/aromatic N) is 5. The van der Waals surface area contributed by atoms with Gasteiger partial charge in [-0.05, 0) is 25.1 Å². The Morgan fingerprint density at radius 1 is 1.35 bits per heavy atom. The third-order valence-corrected chi connectivity index (χ3v) is 5.13. The van der Waals surface area contributed by atoms with Crippen molar-refractivity contribution in [2.45, 2.75) is 20.0 Å². The number of nitrogens with one attached hydrogen (secondary N) is 1. The highest BCUT2D eigenvalue weighted by atomic mass is 35.5. The lowest BCUT2D eigenvalue weighted by Gasteiger charge is -2.26. The first-order chi connectivity index (χ1) is 11.1. The lowest BCUT2D eigenvalue weighted by Crippen LogP contribution is -2.38. The zero-order valence-corrected chi connectivity index (χ0v) is 13.9. The molecule has 118 valence electrons. The molecule has 7 nitrogen and oxygen atoms in total. The number of carbonyl (C=O) groups is 1. The Bertz CT molecular complexity index is 882. The van der Waals surface area contributed by atoms with Crippen molar-refractivity contribution in [2.75, 3.05) is 6.54 Å². The van der Waals surface area contributed by atoms with Crippen molar-refractivity contribution in [2.24, 2.45) is 0 Å². The molecule has 3 aromatic rings. The van der Waals surface area contributed by atoms with Gasteiger partial charge >= 0.3 is 0 Å². The minimum atomic E-state index is -0.109. The molecule has 9 heteroatoms. The summed E-state index contributed by atoms with van der Waals surface area (Å²) in [6.45, 7) is 3.70. The molecule has 4 heterocycles. The van der Waals surface area contributed by atoms with Crippen LogP contribution in [0.1, 0.15) is 22.1 Å². The number of H-pyrrole nitrogens is 1. The fourth-order valence-corrected chi connectivity index (χ4v) is 3.66. The monoisotopic (exact) mass is 348 g/mol. The number of fused-ring (bicyclic) bond motifs is 1. The topological polar surface area (TPSA) is 79.7 Å². The molecule has 0 unspecified atom stereocenters. The Morgan fingerprint density at radius 3 is 3.00 bits per heavy atom. The number of thiophene rings is 1. The molecule has 0 spiro atoms. The predicted molar refractivity (Wildman–Crippen MR) is 86.4 cm³/mol. The van der Waals surface area contributed by atoms with Crippen molar-refractivity contribution in [3.05, 3.63) is 39.9 Å². The van der Waals surface area contributed by atoms with E-state index in [9.17, 15) is 4.79 Å². The van der Waals surface area contributed by atoms with Gasteiger partial charge in [0.15, 0.2) is 11.5 Å². The van der Waals surface area contributed by atoms with E-state index < -0.39 is 0 Å². The van der Waals surface area contributed by atoms with Crippen LogP contribution in [0.5, 0.6) is 0 Å². The van der Waals surface area contributed by atoms with Gasteiger partial charge in [-0.1, -0.05) is 11.6 Å². The number of hydrogen-bond acceptors (Lipinski definition) is 5. The van der Waals surface area contributed by atoms with Gasteiger partial charge in [0.05, 0.1) is 21.5 Å². The number of hydrogen-bond donors (Lipinski definition) is 1. The Labute approximate surface area is 140 Å². The highest BCUT2D eigenvalue weighted by molar-refractivity contribution is 7.19. The van der Waals surface area contributed by atoms with Gasteiger partial charge in [-0.15, -0.1) is 21.5 Å². The SMILES string of the molecule is Cc1nnc2n1CCN(C(=O)c1cc(-c3ccc(Cl)s3)[nH]n1)C2. The van der Waals surface area contributed by atoms with Gasteiger partial charge in [0.1, 0.15) is 5.82 Å². The fraction of sp³-hybridized carbons (Fsp3) is 0.286. The van der Waals surface area contributed by atoms with Crippen LogP contribution < -0.4 is 0 Å². The average Bonchev–Trinajstić information content (AvgIpc) is 3.26. The Balaban J connectivity index is 1.55. The van der Waals surface area contributed by atoms with E-state index >= 15 is 0 Å². The third kappa shape index (κ3) is 2.53. The van der Waals surface area contributed by atoms with Crippen molar-refractivity contribution in [1.29, 1.82) is 0 Å². The number of aryl methyl sites for hydroxylation is 1. The van der Waals surface area contributed by atoms with E-state index in [1.54, 1.807) is 11.0 Å². The highest BCUT2D eigenvalue weighted by Gasteiger charge is 2.25. The zero-order valence-electron chi connectivity index (χ0n) is 12.3. The average molecular weight is 349 g/mol. The van der Waals surface area contributed by atoms with Crippen LogP contribution in [0.4, 0.5) is 0 Å². The molecule has 0 bridgehead atoms. The Hall–Kier alpha value is -2.19. The van der Waals surface area contributed by atoms with E-state index in [0.717, 1.165) is 22.2 Å². The third-order valence-electron chi connectivity index (χ3n) is 3.86. The van der Waals surface area contributed by atoms with E-state index in [1.807, 2.05) is 23.6 Å². The van der Waals surface area contributed by atoms with Gasteiger partial charge in [-0.3, -0.25) is 9.89 Å². The van der Waals surface area contributed by atoms with Crippen LogP contribution in [-0.2, 0) is 13.1 Å². The van der Waals surface area contributed by atoms with Gasteiger partial charge in [0, 0.05) is 13.1 Å². The summed E-state index contributed by atoms with van der Waals surface area (Å²) < 4.78 is 2.74. The lowest BCUT2D eigenvalue weighted by molar-refractivity contribution is 0.0700. The molecule has 0 saturated carbocycles. The van der Waals surface area contributed by atoms with Crippen molar-refractivity contribution in [3.63, 3.8) is 0 Å². The number of carbonyl (C=O) groups excluding carboxylic acids is 1. The minimum absolute atomic E-state index is 0.109. The molecule has 0 aromatic carbocycles. The highest BCUT2D eigenvalue weighted by Crippen LogP contribution is 2.30. The van der Waals surface area contributed by atoms with Crippen molar-refractivity contribution in [1.82, 2.24) is 29.9 Å². The maximum atomic E-state index is 12.6. The molecule has 0 fully saturated rings. The van der Waals surface area contributed by atoms with Crippen LogP contribution in [0.2, 0.25) is 4.34 Å². The van der Waals surface area contributed by atoms with E-state index in [2.05, 4.69) is 20.4 Å². The first-order valence-corrected chi connectivity index (χ1v) is 8.30. The smallest absolute Gasteiger partial charge is 0.274 e. The van der Waals surface area contributed by atoms with Gasteiger partial charge in [0.2, 0.25) is 0 Å². The normalized spacial score (nSPS) is 14.1. The summed E-state index contributed by atoms with van der Waals surface area (Å²) in [5.74, 6) is 1.58. The summed E-state index contributed by atoms with van der Waals surface area (Å²) in [4.78, 5) is 15.3. The van der Waals surface area contributed by atoms with Crippen LogP contribution in [0.25, 0.3) is 10.6 Å². The second-order valence-electron chi connectivity index (χ2n) is 5.31. The summed E-state index contributed by atoms with van der Waals surface area (Å²) in [5, 5.41) is 15.2. The molecule has 1 aliphatic heterocycles. The van der Waals surface area contributed by atoms with E-state index in [-0.39, 0.29) is 5.91 Å². The van der Waals surface area contributed by atoms with Crippen LogP contribution >= 0.6 is 22.9 Å². The molecule has 3 aromatic heterocycles. The molecule has 0 aliphatic carbocycles. The fourth-order valence-electron chi connectivity index (χ4n) is 2.66. The van der Waals surface area contributed by atoms with Crippen molar-refractivity contribution < 1.29 is 4.79 Å². The van der Waals surface area contributed by atoms with Crippen molar-refractivity contribution >= 4 is 28.8 Å². The maximum Gasteiger partial charge on any atom is 0.274 e. The molecule has 0 radical (unpaired) electrons. The quantitative estimate of drug-likeness (QED) is 0.771. The van der Waals surface area contributed by atoms with Gasteiger partial charge in [0.25, 0.3) is 5.91 Å². The van der Waals surface area contributed by atoms with E-state index in [4.69, 9.17) is 11.6 Å². The Morgan fingerprint density at radius 2 is 2.22 bits per heavy atom. The molecule has 1 aliphatic rings. The standard InChI is InChI=1S/C14H13ClN6OS/c1-8-16-19-13-7-20(4-5-21(8)13)14(22)10-6-9(17-18-10)11-2-3-12(15)23-11/h2-3,6H,4-5,7H2,1H3,(H,17,18). The van der Waals surface area contributed by atoms with Gasteiger partial charge in [-0.2, -0.15) is 5.10 Å². The summed E-state index contributed by atoms with van der Waals surface area (Å²) in [6.07, 6.45) is 0. The van der Waals surface area contributed by atoms with Crippen LogP contribution in [-0.4, -0.2) is 42.3 Å². The summed E-state index contributed by atoms with van der Waals surface area (Å²) in [6, 6.07) is 5.49. The Kier molecular flexibility index (Phi) is 3.42. The number of amides is 1. The number of rotatable bonds is 2. The second-order valence-corrected chi connectivity index (χ2v) is 7.03. The number of aromatic amines is 1. The van der Waals surface area contributed by atoms with E-state index in [1.165, 1.54) is 11.3 Å². The van der Waals surface area contributed by atoms with Gasteiger partial charge < -0.3 is 9.47 Å². The van der Waals surface area contributed by atoms with Crippen LogP contribution in [0.15, 0.2) is 18.2 Å². The summed E-state index contributed by atoms with van der Waals surface area (Å²) in [7, 11) is 0. The second kappa shape index (κ2) is 5.47. The molecule has 4 rings (SSSR count). The molecular weight excluding hydrogens is 336 g/mol. The molecule has 23 heavy (non-hydrogen) atoms. The van der Waals surface area contributed by atoms with Crippen molar-refractivity contribution in [3.8, 4) is 10.6 Å². The summed E-state index contributed by atoms with van der Waals surface area (Å²) in [5.41, 5.74) is 1.19. The van der Waals surface area contributed by atoms with Gasteiger partial charge in [-0.25, -0.2) is 0 Å². The number of halogens is 1. The molecule has 0 saturated heterocycles. The lowest BCUT2D eigenvalue weighted by atomic mass is 10.2. The molecule has 0 atom stereocenters. The largest absolute Gasteiger partial charge is 0.328 e. The first-order valence-electron chi connectivity index (χ1n) is 7.11. The number of aromatic nitrogens is 5. The molecule has 1 amide bonds. The van der Waals surface area contributed by atoms with Crippen LogP contribution in [0.3, 0.4) is 0 Å². The maximum absolute atomic E-state index is 12.6. The first kappa shape index (κ1) is 14.4. The van der Waals surface area contributed by atoms with Crippen LogP contribution in [0, 0.1) is 6.92 Å². The molecular formula is C14H13ClN6OS. The zero-order chi connectivity index (χ0) is 16.0.